The summed E-state index contributed by atoms with van der Waals surface area (Å²) in [4.78, 5) is 50.7. The topological polar surface area (TPSA) is 145 Å². The Labute approximate surface area is 281 Å². The molecule has 2 atom stereocenters. The van der Waals surface area contributed by atoms with Crippen molar-refractivity contribution in [3.8, 4) is 28.3 Å². The Bertz CT molecular complexity index is 2230. The fraction of sp³-hybridized carbons (Fsp3) is 0.314. The number of aromatic nitrogens is 5. The van der Waals surface area contributed by atoms with Crippen LogP contribution < -0.4 is 31.9 Å². The highest BCUT2D eigenvalue weighted by Crippen LogP contribution is 2.42. The van der Waals surface area contributed by atoms with E-state index in [1.165, 1.54) is 23.5 Å². The maximum absolute atomic E-state index is 13.1. The quantitative estimate of drug-likeness (QED) is 0.220. The summed E-state index contributed by atoms with van der Waals surface area (Å²) in [6, 6.07) is 14.1. The zero-order valence-electron chi connectivity index (χ0n) is 27.1. The summed E-state index contributed by atoms with van der Waals surface area (Å²) in [6.45, 7) is 2.76. The van der Waals surface area contributed by atoms with E-state index in [0.29, 0.717) is 29.6 Å². The highest BCUT2D eigenvalue weighted by molar-refractivity contribution is 6.36. The van der Waals surface area contributed by atoms with E-state index in [4.69, 9.17) is 21.3 Å². The molecule has 2 aromatic carbocycles. The maximum Gasteiger partial charge on any atom is 0.332 e. The molecule has 1 saturated heterocycles. The average Bonchev–Trinajstić information content (AvgIpc) is 3.71. The van der Waals surface area contributed by atoms with Crippen LogP contribution >= 0.6 is 11.6 Å². The molecule has 3 N–H and O–H groups in total. The van der Waals surface area contributed by atoms with Gasteiger partial charge in [-0.05, 0) is 55.0 Å². The molecule has 0 bridgehead atoms. The Morgan fingerprint density at radius 1 is 1.00 bits per heavy atom. The number of hydrogen-bond donors (Lipinski definition) is 3. The first-order valence-corrected chi connectivity index (χ1v) is 16.2. The Morgan fingerprint density at radius 2 is 1.77 bits per heavy atom. The lowest BCUT2D eigenvalue weighted by atomic mass is 9.93. The number of pyridine rings is 1. The van der Waals surface area contributed by atoms with E-state index in [-0.39, 0.29) is 34.8 Å². The van der Waals surface area contributed by atoms with Crippen LogP contribution in [-0.2, 0) is 25.3 Å². The second-order valence-corrected chi connectivity index (χ2v) is 12.7. The van der Waals surface area contributed by atoms with Crippen molar-refractivity contribution in [2.45, 2.75) is 44.7 Å². The smallest absolute Gasteiger partial charge is 0.332 e. The predicted molar refractivity (Wildman–Crippen MR) is 185 cm³/mol. The maximum atomic E-state index is 13.1. The Balaban J connectivity index is 1.22. The molecular formula is C35H35ClN8O4. The Morgan fingerprint density at radius 3 is 2.54 bits per heavy atom. The molecule has 0 spiro atoms. The fourth-order valence-electron chi connectivity index (χ4n) is 6.88. The summed E-state index contributed by atoms with van der Waals surface area (Å²) in [5, 5.41) is 10.5. The van der Waals surface area contributed by atoms with Crippen LogP contribution in [0.3, 0.4) is 0 Å². The lowest BCUT2D eigenvalue weighted by Gasteiger charge is -2.20. The number of carbonyl (C=O) groups excluding carboxylic acids is 1. The first kappa shape index (κ1) is 31.5. The zero-order chi connectivity index (χ0) is 33.7. The highest BCUT2D eigenvalue weighted by atomic mass is 35.5. The third-order valence-corrected chi connectivity index (χ3v) is 9.85. The number of methoxy groups -OCH3 is 1. The van der Waals surface area contributed by atoms with Crippen molar-refractivity contribution in [1.82, 2.24) is 34.7 Å². The molecule has 1 fully saturated rings. The van der Waals surface area contributed by atoms with Gasteiger partial charge in [0.2, 0.25) is 11.8 Å². The lowest BCUT2D eigenvalue weighted by Crippen LogP contribution is -2.37. The first-order chi connectivity index (χ1) is 23.2. The van der Waals surface area contributed by atoms with Crippen LogP contribution in [0.1, 0.15) is 42.0 Å². The van der Waals surface area contributed by atoms with E-state index in [0.717, 1.165) is 57.3 Å². The van der Waals surface area contributed by atoms with Crippen LogP contribution in [0.15, 0.2) is 58.4 Å². The second kappa shape index (κ2) is 12.5. The molecule has 4 heterocycles. The lowest BCUT2D eigenvalue weighted by molar-refractivity contribution is -0.119. The standard InChI is InChI=1S/C35H35ClN8O4/c1-18-21(23-9-6-10-25(30(23)36)41-31-29-32(39-17-38-31)43(2)35(47)44(3)34(29)46)7-5-8-22(18)26-15-19-11-13-24(28(19)33(42-26)48-4)37-16-20-12-14-27(45)40-20/h5-10,15,17,20,24,37H,11-14,16H2,1-4H3,(H,40,45)(H,38,39,41). The number of fused-ring (bicyclic) bond motifs is 2. The van der Waals surface area contributed by atoms with Crippen molar-refractivity contribution < 1.29 is 9.53 Å². The second-order valence-electron chi connectivity index (χ2n) is 12.3. The van der Waals surface area contributed by atoms with Gasteiger partial charge in [0.15, 0.2) is 5.65 Å². The zero-order valence-corrected chi connectivity index (χ0v) is 27.8. The van der Waals surface area contributed by atoms with Gasteiger partial charge in [0, 0.05) is 55.8 Å². The van der Waals surface area contributed by atoms with E-state index in [2.05, 4.69) is 32.0 Å². The number of nitrogens with zero attached hydrogens (tertiary/aromatic N) is 5. The minimum atomic E-state index is -0.506. The van der Waals surface area contributed by atoms with Crippen molar-refractivity contribution >= 4 is 40.0 Å². The molecule has 3 aromatic heterocycles. The van der Waals surface area contributed by atoms with Crippen molar-refractivity contribution in [2.24, 2.45) is 14.1 Å². The largest absolute Gasteiger partial charge is 0.481 e. The molecule has 1 aliphatic carbocycles. The third kappa shape index (κ3) is 5.40. The number of benzene rings is 2. The van der Waals surface area contributed by atoms with Crippen molar-refractivity contribution in [3.63, 3.8) is 0 Å². The fourth-order valence-corrected chi connectivity index (χ4v) is 7.16. The summed E-state index contributed by atoms with van der Waals surface area (Å²) < 4.78 is 8.18. The minimum Gasteiger partial charge on any atom is -0.481 e. The first-order valence-electron chi connectivity index (χ1n) is 15.8. The Kier molecular flexibility index (Phi) is 8.22. The molecule has 12 nitrogen and oxygen atoms in total. The number of amides is 1. The summed E-state index contributed by atoms with van der Waals surface area (Å²) in [7, 11) is 4.63. The molecule has 2 aliphatic rings. The summed E-state index contributed by atoms with van der Waals surface area (Å²) in [5.41, 5.74) is 6.53. The van der Waals surface area contributed by atoms with Crippen LogP contribution in [0.4, 0.5) is 11.5 Å². The van der Waals surface area contributed by atoms with Crippen LogP contribution in [0, 0.1) is 6.92 Å². The van der Waals surface area contributed by atoms with Crippen LogP contribution in [0.25, 0.3) is 33.4 Å². The molecule has 5 aromatic rings. The van der Waals surface area contributed by atoms with Gasteiger partial charge < -0.3 is 20.7 Å². The number of carbonyl (C=O) groups is 1. The van der Waals surface area contributed by atoms with E-state index >= 15 is 0 Å². The molecule has 48 heavy (non-hydrogen) atoms. The van der Waals surface area contributed by atoms with Gasteiger partial charge in [-0.15, -0.1) is 0 Å². The average molecular weight is 667 g/mol. The molecule has 0 radical (unpaired) electrons. The minimum absolute atomic E-state index is 0.104. The van der Waals surface area contributed by atoms with Gasteiger partial charge in [-0.25, -0.2) is 19.7 Å². The van der Waals surface area contributed by atoms with Gasteiger partial charge in [0.25, 0.3) is 5.56 Å². The molecule has 1 aliphatic heterocycles. The third-order valence-electron chi connectivity index (χ3n) is 9.44. The van der Waals surface area contributed by atoms with Gasteiger partial charge >= 0.3 is 5.69 Å². The summed E-state index contributed by atoms with van der Waals surface area (Å²) >= 11 is 7.06. The number of nitrogens with one attached hydrogen (secondary N) is 3. The number of rotatable bonds is 8. The normalized spacial score (nSPS) is 17.1. The molecular weight excluding hydrogens is 632 g/mol. The molecule has 0 saturated carbocycles. The Hall–Kier alpha value is -5.07. The van der Waals surface area contributed by atoms with Crippen LogP contribution in [0.5, 0.6) is 5.88 Å². The predicted octanol–water partition coefficient (Wildman–Crippen LogP) is 4.33. The molecule has 2 unspecified atom stereocenters. The van der Waals surface area contributed by atoms with Crippen molar-refractivity contribution in [3.05, 3.63) is 91.3 Å². The number of anilines is 2. The number of ether oxygens (including phenoxy) is 1. The monoisotopic (exact) mass is 666 g/mol. The van der Waals surface area contributed by atoms with Gasteiger partial charge in [0.1, 0.15) is 17.5 Å². The van der Waals surface area contributed by atoms with E-state index in [1.54, 1.807) is 14.2 Å². The van der Waals surface area contributed by atoms with E-state index < -0.39 is 11.2 Å². The van der Waals surface area contributed by atoms with Crippen molar-refractivity contribution in [2.75, 3.05) is 19.0 Å². The van der Waals surface area contributed by atoms with Gasteiger partial charge in [0.05, 0.1) is 23.5 Å². The van der Waals surface area contributed by atoms with E-state index in [1.807, 2.05) is 43.3 Å². The van der Waals surface area contributed by atoms with Crippen LogP contribution in [0.2, 0.25) is 5.02 Å². The highest BCUT2D eigenvalue weighted by Gasteiger charge is 2.30. The summed E-state index contributed by atoms with van der Waals surface area (Å²) in [5.74, 6) is 0.957. The van der Waals surface area contributed by atoms with Gasteiger partial charge in [-0.2, -0.15) is 0 Å². The summed E-state index contributed by atoms with van der Waals surface area (Å²) in [6.07, 6.45) is 4.55. The number of hydrogen-bond acceptors (Lipinski definition) is 9. The molecule has 246 valence electrons. The molecule has 1 amide bonds. The SMILES string of the molecule is COc1nc(-c2cccc(-c3cccc(Nc4ncnc5c4c(=O)n(C)c(=O)n5C)c3Cl)c2C)cc2c1C(NCC1CCC(=O)N1)CC2. The van der Waals surface area contributed by atoms with E-state index in [9.17, 15) is 14.4 Å². The van der Waals surface area contributed by atoms with Crippen LogP contribution in [-0.4, -0.2) is 49.7 Å². The molecule has 7 rings (SSSR count). The number of aryl methyl sites for hydroxylation is 2. The van der Waals surface area contributed by atoms with Gasteiger partial charge in [-0.1, -0.05) is 41.9 Å². The number of halogens is 1. The molecule has 13 heteroatoms. The van der Waals surface area contributed by atoms with Gasteiger partial charge in [-0.3, -0.25) is 18.7 Å². The van der Waals surface area contributed by atoms with Crippen molar-refractivity contribution in [1.29, 1.82) is 0 Å².